The van der Waals surface area contributed by atoms with E-state index in [0.717, 1.165) is 17.5 Å². The second-order valence-electron chi connectivity index (χ2n) is 7.85. The number of benzene rings is 2. The standard InChI is InChI=1S/C25H30N2O6/c1-3-33-25(31)26(15-7-10-18-8-5-4-6-9-18)21-14-12-19-11-13-20(32-2)16-22(19)27(24(21)30)17-23(28)29/h4-6,8-9,11,13,16,21H,3,7,10,12,14-15,17H2,1-2H3,(H,28,29). The molecule has 0 radical (unpaired) electrons. The number of rotatable bonds is 9. The maximum absolute atomic E-state index is 13.6. The number of methoxy groups -OCH3 is 1. The second-order valence-corrected chi connectivity index (χ2v) is 7.85. The van der Waals surface area contributed by atoms with Crippen LogP contribution in [0.5, 0.6) is 5.75 Å². The topological polar surface area (TPSA) is 96.4 Å². The molecular formula is C25H30N2O6. The monoisotopic (exact) mass is 454 g/mol. The molecule has 0 aliphatic carbocycles. The highest BCUT2D eigenvalue weighted by Crippen LogP contribution is 2.32. The molecule has 2 aromatic rings. The lowest BCUT2D eigenvalue weighted by molar-refractivity contribution is -0.137. The maximum Gasteiger partial charge on any atom is 0.410 e. The van der Waals surface area contributed by atoms with Crippen LogP contribution in [0.4, 0.5) is 10.5 Å². The van der Waals surface area contributed by atoms with Gasteiger partial charge in [-0.1, -0.05) is 36.4 Å². The third kappa shape index (κ3) is 6.03. The normalized spacial score (nSPS) is 15.4. The molecule has 0 saturated heterocycles. The SMILES string of the molecule is CCOC(=O)N(CCCc1ccccc1)C1CCc2ccc(OC)cc2N(CC(=O)O)C1=O. The number of carbonyl (C=O) groups is 3. The predicted molar refractivity (Wildman–Crippen MR) is 124 cm³/mol. The summed E-state index contributed by atoms with van der Waals surface area (Å²) in [5, 5.41) is 9.48. The summed E-state index contributed by atoms with van der Waals surface area (Å²) in [5.74, 6) is -1.04. The molecule has 0 aromatic heterocycles. The Morgan fingerprint density at radius 2 is 1.94 bits per heavy atom. The van der Waals surface area contributed by atoms with E-state index in [1.54, 1.807) is 19.1 Å². The van der Waals surface area contributed by atoms with Gasteiger partial charge in [0.1, 0.15) is 18.3 Å². The predicted octanol–water partition coefficient (Wildman–Crippen LogP) is 3.52. The first-order valence-corrected chi connectivity index (χ1v) is 11.1. The molecule has 0 saturated carbocycles. The van der Waals surface area contributed by atoms with Crippen LogP contribution < -0.4 is 9.64 Å². The van der Waals surface area contributed by atoms with Crippen molar-refractivity contribution in [3.05, 3.63) is 59.7 Å². The third-order valence-corrected chi connectivity index (χ3v) is 5.70. The van der Waals surface area contributed by atoms with Crippen LogP contribution in [0.1, 0.15) is 30.9 Å². The number of carboxylic acid groups (broad SMARTS) is 1. The summed E-state index contributed by atoms with van der Waals surface area (Å²) in [7, 11) is 1.51. The number of hydrogen-bond acceptors (Lipinski definition) is 5. The Bertz CT molecular complexity index is 978. The van der Waals surface area contributed by atoms with Gasteiger partial charge < -0.3 is 14.6 Å². The molecule has 1 unspecified atom stereocenters. The number of ether oxygens (including phenoxy) is 2. The molecule has 1 atom stereocenters. The average molecular weight is 455 g/mol. The number of aryl methyl sites for hydroxylation is 2. The van der Waals surface area contributed by atoms with Crippen LogP contribution in [0.3, 0.4) is 0 Å². The molecule has 8 heteroatoms. The van der Waals surface area contributed by atoms with Gasteiger partial charge in [-0.25, -0.2) is 4.79 Å². The fraction of sp³-hybridized carbons (Fsp3) is 0.400. The van der Waals surface area contributed by atoms with Gasteiger partial charge in [0.25, 0.3) is 0 Å². The first-order chi connectivity index (χ1) is 15.9. The highest BCUT2D eigenvalue weighted by atomic mass is 16.6. The zero-order chi connectivity index (χ0) is 23.8. The van der Waals surface area contributed by atoms with Crippen molar-refractivity contribution >= 4 is 23.7 Å². The van der Waals surface area contributed by atoms with E-state index in [1.807, 2.05) is 36.4 Å². The van der Waals surface area contributed by atoms with E-state index in [0.29, 0.717) is 37.2 Å². The number of hydrogen-bond donors (Lipinski definition) is 1. The Balaban J connectivity index is 1.88. The highest BCUT2D eigenvalue weighted by molar-refractivity contribution is 6.03. The van der Waals surface area contributed by atoms with Crippen molar-refractivity contribution in [1.82, 2.24) is 4.90 Å². The van der Waals surface area contributed by atoms with Gasteiger partial charge in [-0.15, -0.1) is 0 Å². The Hall–Kier alpha value is -3.55. The van der Waals surface area contributed by atoms with E-state index in [4.69, 9.17) is 9.47 Å². The Morgan fingerprint density at radius 3 is 2.61 bits per heavy atom. The summed E-state index contributed by atoms with van der Waals surface area (Å²) >= 11 is 0. The van der Waals surface area contributed by atoms with Crippen LogP contribution in [0.15, 0.2) is 48.5 Å². The van der Waals surface area contributed by atoms with Crippen LogP contribution in [-0.4, -0.2) is 60.8 Å². The fourth-order valence-electron chi connectivity index (χ4n) is 4.11. The van der Waals surface area contributed by atoms with E-state index < -0.39 is 30.6 Å². The van der Waals surface area contributed by atoms with E-state index in [9.17, 15) is 19.5 Å². The number of carboxylic acids is 1. The molecular weight excluding hydrogens is 424 g/mol. The molecule has 3 rings (SSSR count). The molecule has 176 valence electrons. The molecule has 1 heterocycles. The molecule has 1 aliphatic heterocycles. The number of anilines is 1. The maximum atomic E-state index is 13.6. The lowest BCUT2D eigenvalue weighted by Crippen LogP contribution is -2.52. The highest BCUT2D eigenvalue weighted by Gasteiger charge is 2.37. The summed E-state index contributed by atoms with van der Waals surface area (Å²) in [6, 6.07) is 14.4. The quantitative estimate of drug-likeness (QED) is 0.623. The van der Waals surface area contributed by atoms with Crippen LogP contribution in [0, 0.1) is 0 Å². The van der Waals surface area contributed by atoms with Crippen LogP contribution in [-0.2, 0) is 27.2 Å². The van der Waals surface area contributed by atoms with E-state index in [2.05, 4.69) is 0 Å². The Labute approximate surface area is 193 Å². The van der Waals surface area contributed by atoms with Crippen molar-refractivity contribution < 1.29 is 29.0 Å². The molecule has 0 fully saturated rings. The largest absolute Gasteiger partial charge is 0.497 e. The lowest BCUT2D eigenvalue weighted by Gasteiger charge is -2.32. The van der Waals surface area contributed by atoms with Crippen molar-refractivity contribution in [2.45, 2.75) is 38.6 Å². The molecule has 0 bridgehead atoms. The van der Waals surface area contributed by atoms with Gasteiger partial charge >= 0.3 is 12.1 Å². The zero-order valence-corrected chi connectivity index (χ0v) is 19.0. The van der Waals surface area contributed by atoms with Crippen molar-refractivity contribution in [3.63, 3.8) is 0 Å². The first-order valence-electron chi connectivity index (χ1n) is 11.1. The second kappa shape index (κ2) is 11.4. The minimum atomic E-state index is -1.13. The van der Waals surface area contributed by atoms with Crippen LogP contribution >= 0.6 is 0 Å². The van der Waals surface area contributed by atoms with Gasteiger partial charge in [-0.3, -0.25) is 19.4 Å². The van der Waals surface area contributed by atoms with Gasteiger partial charge in [0.05, 0.1) is 19.4 Å². The fourth-order valence-corrected chi connectivity index (χ4v) is 4.11. The smallest absolute Gasteiger partial charge is 0.410 e. The van der Waals surface area contributed by atoms with Crippen molar-refractivity contribution in [2.75, 3.05) is 31.7 Å². The molecule has 2 aromatic carbocycles. The van der Waals surface area contributed by atoms with E-state index in [-0.39, 0.29) is 6.61 Å². The molecule has 8 nitrogen and oxygen atoms in total. The van der Waals surface area contributed by atoms with Gasteiger partial charge in [0, 0.05) is 12.6 Å². The van der Waals surface area contributed by atoms with Crippen molar-refractivity contribution in [1.29, 1.82) is 0 Å². The van der Waals surface area contributed by atoms with Crippen molar-refractivity contribution in [3.8, 4) is 5.75 Å². The van der Waals surface area contributed by atoms with Gasteiger partial charge in [-0.05, 0) is 49.8 Å². The number of amides is 2. The first kappa shape index (κ1) is 24.1. The number of nitrogens with zero attached hydrogens (tertiary/aromatic N) is 2. The lowest BCUT2D eigenvalue weighted by atomic mass is 10.0. The minimum absolute atomic E-state index is 0.186. The minimum Gasteiger partial charge on any atom is -0.497 e. The summed E-state index contributed by atoms with van der Waals surface area (Å²) in [4.78, 5) is 40.7. The molecule has 1 aliphatic rings. The number of aliphatic carboxylic acids is 1. The van der Waals surface area contributed by atoms with Crippen LogP contribution in [0.2, 0.25) is 0 Å². The summed E-state index contributed by atoms with van der Waals surface area (Å²) < 4.78 is 10.5. The average Bonchev–Trinajstić information content (AvgIpc) is 2.94. The van der Waals surface area contributed by atoms with Crippen LogP contribution in [0.25, 0.3) is 0 Å². The van der Waals surface area contributed by atoms with E-state index >= 15 is 0 Å². The molecule has 1 N–H and O–H groups in total. The Morgan fingerprint density at radius 1 is 1.18 bits per heavy atom. The molecule has 2 amide bonds. The number of fused-ring (bicyclic) bond motifs is 1. The molecule has 33 heavy (non-hydrogen) atoms. The summed E-state index contributed by atoms with van der Waals surface area (Å²) in [5.41, 5.74) is 2.47. The van der Waals surface area contributed by atoms with E-state index in [1.165, 1.54) is 16.9 Å². The zero-order valence-electron chi connectivity index (χ0n) is 19.0. The Kier molecular flexibility index (Phi) is 8.29. The summed E-state index contributed by atoms with van der Waals surface area (Å²) in [6.07, 6.45) is 1.71. The molecule has 0 spiro atoms. The van der Waals surface area contributed by atoms with Gasteiger partial charge in [0.15, 0.2) is 0 Å². The summed E-state index contributed by atoms with van der Waals surface area (Å²) in [6.45, 7) is 1.72. The number of carbonyl (C=O) groups excluding carboxylic acids is 2. The van der Waals surface area contributed by atoms with Crippen molar-refractivity contribution in [2.24, 2.45) is 0 Å². The van der Waals surface area contributed by atoms with Gasteiger partial charge in [0.2, 0.25) is 5.91 Å². The van der Waals surface area contributed by atoms with Gasteiger partial charge in [-0.2, -0.15) is 0 Å². The third-order valence-electron chi connectivity index (χ3n) is 5.70.